The van der Waals surface area contributed by atoms with Gasteiger partial charge in [0.2, 0.25) is 0 Å². The summed E-state index contributed by atoms with van der Waals surface area (Å²) in [5, 5.41) is 4.04. The lowest BCUT2D eigenvalue weighted by Gasteiger charge is -2.29. The van der Waals surface area contributed by atoms with Crippen molar-refractivity contribution in [2.45, 2.75) is 45.3 Å². The van der Waals surface area contributed by atoms with E-state index in [2.05, 4.69) is 28.3 Å². The van der Waals surface area contributed by atoms with E-state index >= 15 is 0 Å². The van der Waals surface area contributed by atoms with Crippen molar-refractivity contribution in [2.24, 2.45) is 0 Å². The summed E-state index contributed by atoms with van der Waals surface area (Å²) >= 11 is 3.23. The van der Waals surface area contributed by atoms with E-state index in [4.69, 9.17) is 4.98 Å². The van der Waals surface area contributed by atoms with Crippen molar-refractivity contribution in [3.63, 3.8) is 0 Å². The van der Waals surface area contributed by atoms with Crippen LogP contribution in [-0.4, -0.2) is 38.8 Å². The van der Waals surface area contributed by atoms with Crippen LogP contribution in [0.3, 0.4) is 0 Å². The van der Waals surface area contributed by atoms with Crippen molar-refractivity contribution < 1.29 is 4.79 Å². The first-order chi connectivity index (χ1) is 14.6. The van der Waals surface area contributed by atoms with Crippen molar-refractivity contribution in [1.29, 1.82) is 0 Å². The quantitative estimate of drug-likeness (QED) is 0.671. The van der Waals surface area contributed by atoms with Crippen LogP contribution in [0.1, 0.15) is 56.1 Å². The number of thiophene rings is 2. The minimum absolute atomic E-state index is 0.0327. The number of hydrogen-bond acceptors (Lipinski definition) is 6. The first-order valence-corrected chi connectivity index (χ1v) is 12.1. The van der Waals surface area contributed by atoms with Crippen LogP contribution in [-0.2, 0) is 19.5 Å². The number of likely N-dealkylation sites (tertiary alicyclic amines) is 1. The van der Waals surface area contributed by atoms with Gasteiger partial charge in [-0.3, -0.25) is 14.5 Å². The average Bonchev–Trinajstić information content (AvgIpc) is 3.50. The van der Waals surface area contributed by atoms with E-state index in [0.29, 0.717) is 18.9 Å². The second-order valence-electron chi connectivity index (χ2n) is 8.00. The fraction of sp³-hybridized carbons (Fsp3) is 0.409. The Morgan fingerprint density at radius 2 is 2.17 bits per heavy atom. The lowest BCUT2D eigenvalue weighted by Crippen LogP contribution is -2.37. The van der Waals surface area contributed by atoms with Gasteiger partial charge in [-0.25, -0.2) is 4.98 Å². The maximum atomic E-state index is 12.9. The molecule has 1 fully saturated rings. The summed E-state index contributed by atoms with van der Waals surface area (Å²) in [5.41, 5.74) is 2.92. The van der Waals surface area contributed by atoms with Crippen LogP contribution < -0.4 is 5.56 Å². The molecular weight excluding hydrogens is 416 g/mol. The molecule has 0 spiro atoms. The van der Waals surface area contributed by atoms with E-state index < -0.39 is 0 Å². The molecule has 8 heteroatoms. The number of rotatable bonds is 4. The summed E-state index contributed by atoms with van der Waals surface area (Å²) in [5.74, 6) is 0.675. The summed E-state index contributed by atoms with van der Waals surface area (Å²) in [6.07, 6.45) is 2.53. The smallest absolute Gasteiger partial charge is 0.264 e. The van der Waals surface area contributed by atoms with Crippen molar-refractivity contribution in [3.05, 3.63) is 71.7 Å². The lowest BCUT2D eigenvalue weighted by molar-refractivity contribution is 0.0734. The average molecular weight is 441 g/mol. The molecule has 0 unspecified atom stereocenters. The van der Waals surface area contributed by atoms with Gasteiger partial charge < -0.3 is 9.88 Å². The summed E-state index contributed by atoms with van der Waals surface area (Å²) in [7, 11) is 0. The van der Waals surface area contributed by atoms with Crippen molar-refractivity contribution in [2.75, 3.05) is 13.1 Å². The highest BCUT2D eigenvalue weighted by Crippen LogP contribution is 2.32. The van der Waals surface area contributed by atoms with Gasteiger partial charge >= 0.3 is 0 Å². The van der Waals surface area contributed by atoms with Crippen LogP contribution in [0.4, 0.5) is 0 Å². The topological polar surface area (TPSA) is 69.3 Å². The lowest BCUT2D eigenvalue weighted by atomic mass is 10.1. The van der Waals surface area contributed by atoms with Crippen LogP contribution in [0.15, 0.2) is 33.8 Å². The predicted molar refractivity (Wildman–Crippen MR) is 119 cm³/mol. The molecule has 6 nitrogen and oxygen atoms in total. The molecule has 30 heavy (non-hydrogen) atoms. The Morgan fingerprint density at radius 3 is 2.93 bits per heavy atom. The number of aromatic amines is 1. The Hall–Kier alpha value is -2.29. The van der Waals surface area contributed by atoms with Gasteiger partial charge in [0.25, 0.3) is 11.5 Å². The Labute approximate surface area is 183 Å². The van der Waals surface area contributed by atoms with E-state index in [-0.39, 0.29) is 17.5 Å². The normalized spacial score (nSPS) is 19.2. The number of amides is 1. The molecule has 0 aliphatic carbocycles. The molecule has 3 aromatic rings. The van der Waals surface area contributed by atoms with Gasteiger partial charge in [0.05, 0.1) is 22.2 Å². The molecule has 2 aliphatic heterocycles. The Kier molecular flexibility index (Phi) is 5.30. The molecule has 156 valence electrons. The first-order valence-electron chi connectivity index (χ1n) is 10.3. The summed E-state index contributed by atoms with van der Waals surface area (Å²) in [6.45, 7) is 5.22. The highest BCUT2D eigenvalue weighted by Gasteiger charge is 2.34. The SMILES string of the molecule is Cc1ccsc1CN1CCc2nc([C@@H]3CCCN3C(=O)c3cccs3)[nH]c(=O)c2C1. The van der Waals surface area contributed by atoms with E-state index in [0.717, 1.165) is 48.5 Å². The van der Waals surface area contributed by atoms with Crippen molar-refractivity contribution in [1.82, 2.24) is 19.8 Å². The van der Waals surface area contributed by atoms with Gasteiger partial charge in [-0.05, 0) is 48.2 Å². The number of fused-ring (bicyclic) bond motifs is 1. The van der Waals surface area contributed by atoms with Gasteiger partial charge in [0.1, 0.15) is 5.82 Å². The molecule has 5 heterocycles. The maximum Gasteiger partial charge on any atom is 0.264 e. The zero-order valence-electron chi connectivity index (χ0n) is 16.9. The zero-order chi connectivity index (χ0) is 20.7. The number of nitrogens with zero attached hydrogens (tertiary/aromatic N) is 3. The Bertz CT molecular complexity index is 1120. The first kappa shape index (κ1) is 19.7. The third-order valence-corrected chi connectivity index (χ3v) is 7.93. The Morgan fingerprint density at radius 1 is 1.27 bits per heavy atom. The van der Waals surface area contributed by atoms with Gasteiger partial charge in [-0.15, -0.1) is 22.7 Å². The van der Waals surface area contributed by atoms with Crippen LogP contribution in [0.25, 0.3) is 0 Å². The molecule has 2 aliphatic rings. The number of aromatic nitrogens is 2. The standard InChI is InChI=1S/C22H24N4O2S2/c1-14-7-11-30-19(14)13-25-9-6-16-15(12-25)21(27)24-20(23-16)17-4-2-8-26(17)22(28)18-5-3-10-29-18/h3,5,7,10-11,17H,2,4,6,8-9,12-13H2,1H3,(H,23,24,27)/t17-/m0/s1. The molecule has 0 saturated carbocycles. The second kappa shape index (κ2) is 8.09. The maximum absolute atomic E-state index is 12.9. The van der Waals surface area contributed by atoms with Gasteiger partial charge in [-0.2, -0.15) is 0 Å². The molecule has 1 N–H and O–H groups in total. The van der Waals surface area contributed by atoms with Crippen LogP contribution in [0, 0.1) is 6.92 Å². The van der Waals surface area contributed by atoms with E-state index in [9.17, 15) is 9.59 Å². The minimum Gasteiger partial charge on any atom is -0.328 e. The summed E-state index contributed by atoms with van der Waals surface area (Å²) in [4.78, 5) is 40.0. The number of carbonyl (C=O) groups excluding carboxylic acids is 1. The van der Waals surface area contributed by atoms with E-state index in [1.54, 1.807) is 11.3 Å². The molecular formula is C22H24N4O2S2. The largest absolute Gasteiger partial charge is 0.328 e. The third kappa shape index (κ3) is 3.64. The summed E-state index contributed by atoms with van der Waals surface area (Å²) in [6, 6.07) is 5.74. The van der Waals surface area contributed by atoms with Crippen LogP contribution >= 0.6 is 22.7 Å². The molecule has 1 saturated heterocycles. The van der Waals surface area contributed by atoms with Gasteiger partial charge in [-0.1, -0.05) is 6.07 Å². The highest BCUT2D eigenvalue weighted by atomic mass is 32.1. The van der Waals surface area contributed by atoms with Gasteiger partial charge in [0.15, 0.2) is 0 Å². The van der Waals surface area contributed by atoms with Crippen LogP contribution in [0.5, 0.6) is 0 Å². The molecule has 0 aromatic carbocycles. The second-order valence-corrected chi connectivity index (χ2v) is 9.95. The molecule has 0 radical (unpaired) electrons. The molecule has 5 rings (SSSR count). The third-order valence-electron chi connectivity index (χ3n) is 6.06. The van der Waals surface area contributed by atoms with Crippen molar-refractivity contribution >= 4 is 28.6 Å². The fourth-order valence-electron chi connectivity index (χ4n) is 4.40. The number of carbonyl (C=O) groups is 1. The highest BCUT2D eigenvalue weighted by molar-refractivity contribution is 7.12. The van der Waals surface area contributed by atoms with Crippen LogP contribution in [0.2, 0.25) is 0 Å². The number of nitrogens with one attached hydrogen (secondary N) is 1. The number of H-pyrrole nitrogens is 1. The molecule has 1 amide bonds. The zero-order valence-corrected chi connectivity index (χ0v) is 18.5. The Balaban J connectivity index is 1.37. The number of aryl methyl sites for hydroxylation is 1. The van der Waals surface area contributed by atoms with Gasteiger partial charge in [0, 0.05) is 37.5 Å². The molecule has 1 atom stereocenters. The van der Waals surface area contributed by atoms with E-state index in [1.807, 2.05) is 22.4 Å². The monoisotopic (exact) mass is 440 g/mol. The molecule has 0 bridgehead atoms. The van der Waals surface area contributed by atoms with E-state index in [1.165, 1.54) is 21.8 Å². The fourth-order valence-corrected chi connectivity index (χ4v) is 6.02. The number of hydrogen-bond donors (Lipinski definition) is 1. The predicted octanol–water partition coefficient (Wildman–Crippen LogP) is 3.74. The molecule has 3 aromatic heterocycles. The van der Waals surface area contributed by atoms with Crippen molar-refractivity contribution in [3.8, 4) is 0 Å². The summed E-state index contributed by atoms with van der Waals surface area (Å²) < 4.78 is 0. The minimum atomic E-state index is -0.149.